The third-order valence-electron chi connectivity index (χ3n) is 3.02. The predicted molar refractivity (Wildman–Crippen MR) is 73.5 cm³/mol. The lowest BCUT2D eigenvalue weighted by molar-refractivity contribution is 0.256. The van der Waals surface area contributed by atoms with Gasteiger partial charge in [0.15, 0.2) is 0 Å². The second-order valence-corrected chi connectivity index (χ2v) is 4.12. The summed E-state index contributed by atoms with van der Waals surface area (Å²) in [5.41, 5.74) is 9.11. The molecule has 1 aliphatic rings. The molecule has 3 nitrogen and oxygen atoms in total. The van der Waals surface area contributed by atoms with Gasteiger partial charge in [0, 0.05) is 0 Å². The molecule has 3 heteroatoms. The molecule has 3 rings (SSSR count). The van der Waals surface area contributed by atoms with Crippen LogP contribution in [0.1, 0.15) is 11.1 Å². The van der Waals surface area contributed by atoms with Gasteiger partial charge in [-0.25, -0.2) is 4.79 Å². The molecule has 0 saturated heterocycles. The first-order chi connectivity index (χ1) is 8.77. The van der Waals surface area contributed by atoms with Crippen LogP contribution in [-0.2, 0) is 0 Å². The minimum absolute atomic E-state index is 0.474. The van der Waals surface area contributed by atoms with E-state index in [9.17, 15) is 4.79 Å². The molecule has 0 radical (unpaired) electrons. The van der Waals surface area contributed by atoms with Gasteiger partial charge in [0.1, 0.15) is 0 Å². The van der Waals surface area contributed by atoms with Crippen molar-refractivity contribution < 1.29 is 4.79 Å². The molecule has 0 unspecified atom stereocenters. The first-order valence-electron chi connectivity index (χ1n) is 5.73. The second kappa shape index (κ2) is 4.04. The number of rotatable bonds is 0. The largest absolute Gasteiger partial charge is 0.351 e. The van der Waals surface area contributed by atoms with Gasteiger partial charge >= 0.3 is 6.03 Å². The summed E-state index contributed by atoms with van der Waals surface area (Å²) >= 11 is 0. The van der Waals surface area contributed by atoms with E-state index in [-0.39, 0.29) is 0 Å². The van der Waals surface area contributed by atoms with Crippen LogP contribution in [0, 0.1) is 0 Å². The Morgan fingerprint density at radius 1 is 0.833 bits per heavy atom. The number of amides is 2. The number of benzene rings is 2. The third kappa shape index (κ3) is 1.57. The molecule has 0 aliphatic carbocycles. The lowest BCUT2D eigenvalue weighted by Gasteiger charge is -2.22. The van der Waals surface area contributed by atoms with Crippen molar-refractivity contribution in [1.82, 2.24) is 0 Å². The second-order valence-electron chi connectivity index (χ2n) is 4.12. The van der Waals surface area contributed by atoms with Crippen molar-refractivity contribution in [2.24, 2.45) is 5.73 Å². The molecule has 0 aromatic heterocycles. The zero-order valence-corrected chi connectivity index (χ0v) is 9.71. The van der Waals surface area contributed by atoms with E-state index in [0.717, 1.165) is 22.5 Å². The van der Waals surface area contributed by atoms with Gasteiger partial charge in [-0.2, -0.15) is 0 Å². The van der Waals surface area contributed by atoms with E-state index in [1.165, 1.54) is 0 Å². The summed E-state index contributed by atoms with van der Waals surface area (Å²) in [5.74, 6) is 0. The predicted octanol–water partition coefficient (Wildman–Crippen LogP) is 3.39. The number of para-hydroxylation sites is 2. The molecule has 0 saturated carbocycles. The zero-order chi connectivity index (χ0) is 12.5. The first kappa shape index (κ1) is 10.6. The van der Waals surface area contributed by atoms with Gasteiger partial charge in [-0.15, -0.1) is 0 Å². The number of anilines is 2. The number of carbonyl (C=O) groups is 1. The van der Waals surface area contributed by atoms with Crippen molar-refractivity contribution >= 4 is 29.6 Å². The Kier molecular flexibility index (Phi) is 2.38. The van der Waals surface area contributed by atoms with Crippen molar-refractivity contribution in [2.45, 2.75) is 0 Å². The fourth-order valence-electron chi connectivity index (χ4n) is 2.21. The Morgan fingerprint density at radius 3 is 1.72 bits per heavy atom. The summed E-state index contributed by atoms with van der Waals surface area (Å²) in [5, 5.41) is 0. The lowest BCUT2D eigenvalue weighted by Crippen LogP contribution is -2.32. The molecule has 2 aromatic rings. The molecule has 0 atom stereocenters. The van der Waals surface area contributed by atoms with Gasteiger partial charge in [0.25, 0.3) is 0 Å². The van der Waals surface area contributed by atoms with E-state index in [1.807, 2.05) is 60.7 Å². The number of urea groups is 1. The maximum absolute atomic E-state index is 11.8. The number of carbonyl (C=O) groups excluding carboxylic acids is 1. The highest BCUT2D eigenvalue weighted by Gasteiger charge is 2.21. The summed E-state index contributed by atoms with van der Waals surface area (Å²) in [6.07, 6.45) is 3.99. The fourth-order valence-corrected chi connectivity index (χ4v) is 2.21. The SMILES string of the molecule is N[13C](=O)N1c2ccccc2C=Cc2ccccc21. The van der Waals surface area contributed by atoms with Crippen molar-refractivity contribution in [2.75, 3.05) is 4.90 Å². The average Bonchev–Trinajstić information content (AvgIpc) is 2.55. The summed E-state index contributed by atoms with van der Waals surface area (Å²) in [6.45, 7) is 0. The van der Waals surface area contributed by atoms with E-state index in [0.29, 0.717) is 0 Å². The first-order valence-corrected chi connectivity index (χ1v) is 5.73. The topological polar surface area (TPSA) is 46.3 Å². The van der Waals surface area contributed by atoms with Crippen molar-refractivity contribution in [3.05, 3.63) is 59.7 Å². The minimum atomic E-state index is -0.474. The molecule has 0 spiro atoms. The summed E-state index contributed by atoms with van der Waals surface area (Å²) in [6, 6.07) is 14.9. The molecule has 0 fully saturated rings. The van der Waals surface area contributed by atoms with Crippen LogP contribution in [0.3, 0.4) is 0 Å². The molecule has 2 amide bonds. The number of nitrogens with two attached hydrogens (primary N) is 1. The number of primary amides is 1. The standard InChI is InChI=1S/C15H12N2O/c16-15(18)17-13-7-3-1-5-11(13)9-10-12-6-2-4-8-14(12)17/h1-10H,(H2,16,18)/i15+1. The molecular formula is C15H12N2O. The molecular weight excluding hydrogens is 225 g/mol. The van der Waals surface area contributed by atoms with Crippen LogP contribution in [0.5, 0.6) is 0 Å². The molecule has 18 heavy (non-hydrogen) atoms. The van der Waals surface area contributed by atoms with Crippen LogP contribution < -0.4 is 10.6 Å². The van der Waals surface area contributed by atoms with Crippen LogP contribution in [0.15, 0.2) is 48.5 Å². The maximum Gasteiger partial charge on any atom is 0.323 e. The monoisotopic (exact) mass is 237 g/mol. The van der Waals surface area contributed by atoms with Gasteiger partial charge in [0.05, 0.1) is 11.4 Å². The molecule has 1 aliphatic heterocycles. The van der Waals surface area contributed by atoms with Gasteiger partial charge in [0.2, 0.25) is 0 Å². The normalized spacial score (nSPS) is 12.6. The highest BCUT2D eigenvalue weighted by Crippen LogP contribution is 2.35. The minimum Gasteiger partial charge on any atom is -0.351 e. The van der Waals surface area contributed by atoms with Crippen molar-refractivity contribution in [1.29, 1.82) is 0 Å². The van der Waals surface area contributed by atoms with E-state index in [4.69, 9.17) is 5.73 Å². The number of fused-ring (bicyclic) bond motifs is 2. The number of hydrogen-bond acceptors (Lipinski definition) is 1. The number of nitrogens with zero attached hydrogens (tertiary/aromatic N) is 1. The van der Waals surface area contributed by atoms with Gasteiger partial charge < -0.3 is 5.73 Å². The van der Waals surface area contributed by atoms with E-state index in [1.54, 1.807) is 4.90 Å². The average molecular weight is 237 g/mol. The maximum atomic E-state index is 11.8. The van der Waals surface area contributed by atoms with Crippen molar-refractivity contribution in [3.63, 3.8) is 0 Å². The molecule has 88 valence electrons. The number of hydrogen-bond donors (Lipinski definition) is 1. The van der Waals surface area contributed by atoms with Crippen LogP contribution in [-0.4, -0.2) is 6.03 Å². The van der Waals surface area contributed by atoms with Gasteiger partial charge in [-0.05, 0) is 23.3 Å². The molecule has 1 heterocycles. The highest BCUT2D eigenvalue weighted by atomic mass is 16.2. The van der Waals surface area contributed by atoms with Crippen molar-refractivity contribution in [3.8, 4) is 0 Å². The highest BCUT2D eigenvalue weighted by molar-refractivity contribution is 6.04. The van der Waals surface area contributed by atoms with E-state index in [2.05, 4.69) is 0 Å². The van der Waals surface area contributed by atoms with E-state index < -0.39 is 6.03 Å². The Hall–Kier alpha value is -2.55. The van der Waals surface area contributed by atoms with Crippen LogP contribution in [0.25, 0.3) is 12.2 Å². The molecule has 0 bridgehead atoms. The Labute approximate surface area is 105 Å². The fraction of sp³-hybridized carbons (Fsp3) is 0. The Bertz CT molecular complexity index is 597. The summed E-state index contributed by atoms with van der Waals surface area (Å²) in [7, 11) is 0. The van der Waals surface area contributed by atoms with Crippen LogP contribution in [0.4, 0.5) is 16.2 Å². The smallest absolute Gasteiger partial charge is 0.323 e. The summed E-state index contributed by atoms with van der Waals surface area (Å²) in [4.78, 5) is 13.3. The Balaban J connectivity index is 2.31. The molecule has 2 N–H and O–H groups in total. The molecule has 2 aromatic carbocycles. The Morgan fingerprint density at radius 2 is 1.28 bits per heavy atom. The quantitative estimate of drug-likeness (QED) is 0.701. The van der Waals surface area contributed by atoms with E-state index >= 15 is 0 Å². The van der Waals surface area contributed by atoms with Gasteiger partial charge in [-0.3, -0.25) is 4.90 Å². The van der Waals surface area contributed by atoms with Crippen LogP contribution in [0.2, 0.25) is 0 Å². The zero-order valence-electron chi connectivity index (χ0n) is 9.71. The lowest BCUT2D eigenvalue weighted by atomic mass is 10.1. The van der Waals surface area contributed by atoms with Crippen LogP contribution >= 0.6 is 0 Å². The third-order valence-corrected chi connectivity index (χ3v) is 3.02. The summed E-state index contributed by atoms with van der Waals surface area (Å²) < 4.78 is 0. The van der Waals surface area contributed by atoms with Gasteiger partial charge in [-0.1, -0.05) is 48.6 Å².